The molecule has 0 unspecified atom stereocenters. The van der Waals surface area contributed by atoms with Crippen molar-refractivity contribution in [3.63, 3.8) is 0 Å². The zero-order chi connectivity index (χ0) is 24.5. The highest BCUT2D eigenvalue weighted by molar-refractivity contribution is 5.76. The largest absolute Gasteiger partial charge is 0.423 e. The highest BCUT2D eigenvalue weighted by Gasteiger charge is 2.18. The monoisotopic (exact) mass is 460 g/mol. The van der Waals surface area contributed by atoms with Crippen molar-refractivity contribution in [3.05, 3.63) is 23.8 Å². The van der Waals surface area contributed by atoms with Crippen molar-refractivity contribution in [3.8, 4) is 11.5 Å². The minimum absolute atomic E-state index is 0.244. The second kappa shape index (κ2) is 17.6. The molecule has 0 aliphatic carbocycles. The van der Waals surface area contributed by atoms with E-state index in [4.69, 9.17) is 9.47 Å². The first-order chi connectivity index (χ1) is 15.8. The van der Waals surface area contributed by atoms with Gasteiger partial charge >= 0.3 is 11.9 Å². The third-order valence-corrected chi connectivity index (χ3v) is 5.87. The van der Waals surface area contributed by atoms with Crippen LogP contribution in [-0.4, -0.2) is 11.9 Å². The molecule has 1 aromatic rings. The molecule has 0 N–H and O–H groups in total. The summed E-state index contributed by atoms with van der Waals surface area (Å²) < 4.78 is 11.5. The molecule has 0 aliphatic rings. The van der Waals surface area contributed by atoms with E-state index in [0.29, 0.717) is 36.2 Å². The van der Waals surface area contributed by atoms with E-state index in [2.05, 4.69) is 34.6 Å². The molecule has 0 saturated heterocycles. The number of ether oxygens (including phenoxy) is 2. The Kier molecular flexibility index (Phi) is 15.6. The Morgan fingerprint density at radius 3 is 1.88 bits per heavy atom. The molecule has 0 saturated carbocycles. The highest BCUT2D eigenvalue weighted by atomic mass is 16.6. The molecule has 0 fully saturated rings. The van der Waals surface area contributed by atoms with Gasteiger partial charge in [-0.15, -0.1) is 0 Å². The summed E-state index contributed by atoms with van der Waals surface area (Å²) in [6.07, 6.45) is 13.3. The second-order valence-electron chi connectivity index (χ2n) is 10.1. The van der Waals surface area contributed by atoms with Gasteiger partial charge in [-0.05, 0) is 49.1 Å². The molecule has 0 amide bonds. The molecule has 0 aromatic heterocycles. The van der Waals surface area contributed by atoms with Crippen LogP contribution in [-0.2, 0) is 16.0 Å². The standard InChI is InChI=1S/C29H48O4/c1-6-7-8-9-10-18-25-19-15-20-26(32-27(30)21-13-11-16-23(2)3)29(25)33-28(31)22-14-12-17-24(4)5/h15,19-20,23-24H,6-14,16-18,21-22H2,1-5H3. The van der Waals surface area contributed by atoms with E-state index in [1.54, 1.807) is 6.07 Å². The van der Waals surface area contributed by atoms with Crippen molar-refractivity contribution in [2.45, 2.75) is 125 Å². The highest BCUT2D eigenvalue weighted by Crippen LogP contribution is 2.33. The van der Waals surface area contributed by atoms with Gasteiger partial charge in [-0.25, -0.2) is 0 Å². The molecule has 0 radical (unpaired) electrons. The predicted octanol–water partition coefficient (Wildman–Crippen LogP) is 8.44. The van der Waals surface area contributed by atoms with E-state index in [9.17, 15) is 9.59 Å². The van der Waals surface area contributed by atoms with Crippen LogP contribution in [0.4, 0.5) is 0 Å². The molecule has 4 nitrogen and oxygen atoms in total. The fraction of sp³-hybridized carbons (Fsp3) is 0.724. The molecule has 0 aliphatic heterocycles. The Morgan fingerprint density at radius 1 is 0.727 bits per heavy atom. The summed E-state index contributed by atoms with van der Waals surface area (Å²) in [6, 6.07) is 5.62. The van der Waals surface area contributed by atoms with Gasteiger partial charge in [0.25, 0.3) is 0 Å². The maximum Gasteiger partial charge on any atom is 0.311 e. The number of para-hydroxylation sites is 1. The molecular formula is C29H48O4. The summed E-state index contributed by atoms with van der Waals surface area (Å²) in [7, 11) is 0. The van der Waals surface area contributed by atoms with Crippen LogP contribution in [0.1, 0.15) is 124 Å². The minimum Gasteiger partial charge on any atom is -0.423 e. The van der Waals surface area contributed by atoms with E-state index in [1.165, 1.54) is 19.3 Å². The van der Waals surface area contributed by atoms with Crippen LogP contribution in [0.2, 0.25) is 0 Å². The Labute approximate surface area is 202 Å². The van der Waals surface area contributed by atoms with Crippen LogP contribution >= 0.6 is 0 Å². The second-order valence-corrected chi connectivity index (χ2v) is 10.1. The van der Waals surface area contributed by atoms with Gasteiger partial charge in [0.2, 0.25) is 0 Å². The summed E-state index contributed by atoms with van der Waals surface area (Å²) in [4.78, 5) is 25.0. The zero-order valence-corrected chi connectivity index (χ0v) is 21.9. The Bertz CT molecular complexity index is 678. The van der Waals surface area contributed by atoms with E-state index < -0.39 is 0 Å². The first kappa shape index (κ1) is 29.2. The Balaban J connectivity index is 2.78. The fourth-order valence-corrected chi connectivity index (χ4v) is 3.86. The molecule has 0 spiro atoms. The zero-order valence-electron chi connectivity index (χ0n) is 21.9. The van der Waals surface area contributed by atoms with Crippen molar-refractivity contribution >= 4 is 11.9 Å². The number of carbonyl (C=O) groups is 2. The summed E-state index contributed by atoms with van der Waals surface area (Å²) in [5, 5.41) is 0. The lowest BCUT2D eigenvalue weighted by atomic mass is 10.0. The third kappa shape index (κ3) is 14.1. The van der Waals surface area contributed by atoms with E-state index in [-0.39, 0.29) is 11.9 Å². The molecule has 0 bridgehead atoms. The lowest BCUT2D eigenvalue weighted by Gasteiger charge is -2.15. The molecule has 1 aromatic carbocycles. The predicted molar refractivity (Wildman–Crippen MR) is 137 cm³/mol. The number of aryl methyl sites for hydroxylation is 1. The SMILES string of the molecule is CCCCCCCc1cccc(OC(=O)CCCCC(C)C)c1OC(=O)CCCCC(C)C. The average molecular weight is 461 g/mol. The third-order valence-electron chi connectivity index (χ3n) is 5.87. The number of carbonyl (C=O) groups excluding carboxylic acids is 2. The van der Waals surface area contributed by atoms with Gasteiger partial charge in [0.15, 0.2) is 11.5 Å². The number of benzene rings is 1. The number of hydrogen-bond acceptors (Lipinski definition) is 4. The Morgan fingerprint density at radius 2 is 1.30 bits per heavy atom. The topological polar surface area (TPSA) is 52.6 Å². The normalized spacial score (nSPS) is 11.2. The van der Waals surface area contributed by atoms with Crippen LogP contribution in [0.3, 0.4) is 0 Å². The van der Waals surface area contributed by atoms with Crippen LogP contribution < -0.4 is 9.47 Å². The maximum absolute atomic E-state index is 12.6. The van der Waals surface area contributed by atoms with E-state index >= 15 is 0 Å². The van der Waals surface area contributed by atoms with Crippen LogP contribution in [0, 0.1) is 11.8 Å². The van der Waals surface area contributed by atoms with Crippen molar-refractivity contribution in [1.82, 2.24) is 0 Å². The smallest absolute Gasteiger partial charge is 0.311 e. The summed E-state index contributed by atoms with van der Waals surface area (Å²) in [5.74, 6) is 1.60. The van der Waals surface area contributed by atoms with Gasteiger partial charge in [-0.1, -0.05) is 98.1 Å². The molecule has 188 valence electrons. The number of unbranched alkanes of at least 4 members (excludes halogenated alkanes) is 6. The van der Waals surface area contributed by atoms with E-state index in [0.717, 1.165) is 63.4 Å². The lowest BCUT2D eigenvalue weighted by Crippen LogP contribution is -2.13. The van der Waals surface area contributed by atoms with Gasteiger partial charge in [0.05, 0.1) is 0 Å². The van der Waals surface area contributed by atoms with Crippen molar-refractivity contribution in [1.29, 1.82) is 0 Å². The van der Waals surface area contributed by atoms with Crippen molar-refractivity contribution in [2.24, 2.45) is 11.8 Å². The van der Waals surface area contributed by atoms with Crippen LogP contribution in [0.15, 0.2) is 18.2 Å². The van der Waals surface area contributed by atoms with Crippen molar-refractivity contribution < 1.29 is 19.1 Å². The number of esters is 2. The molecule has 1 rings (SSSR count). The molecule has 0 atom stereocenters. The molecule has 0 heterocycles. The summed E-state index contributed by atoms with van der Waals surface area (Å²) in [6.45, 7) is 11.0. The lowest BCUT2D eigenvalue weighted by molar-refractivity contribution is -0.137. The molecule has 4 heteroatoms. The van der Waals surface area contributed by atoms with Crippen LogP contribution in [0.5, 0.6) is 11.5 Å². The number of rotatable bonds is 18. The van der Waals surface area contributed by atoms with Crippen LogP contribution in [0.25, 0.3) is 0 Å². The van der Waals surface area contributed by atoms with Gasteiger partial charge in [0, 0.05) is 12.8 Å². The summed E-state index contributed by atoms with van der Waals surface area (Å²) in [5.41, 5.74) is 0.951. The van der Waals surface area contributed by atoms with Gasteiger partial charge < -0.3 is 9.47 Å². The first-order valence-electron chi connectivity index (χ1n) is 13.4. The van der Waals surface area contributed by atoms with E-state index in [1.807, 2.05) is 12.1 Å². The van der Waals surface area contributed by atoms with Gasteiger partial charge in [-0.2, -0.15) is 0 Å². The average Bonchev–Trinajstić information content (AvgIpc) is 2.76. The molecule has 33 heavy (non-hydrogen) atoms. The quantitative estimate of drug-likeness (QED) is 0.125. The minimum atomic E-state index is -0.256. The van der Waals surface area contributed by atoms with Gasteiger partial charge in [-0.3, -0.25) is 9.59 Å². The van der Waals surface area contributed by atoms with Gasteiger partial charge in [0.1, 0.15) is 0 Å². The first-order valence-corrected chi connectivity index (χ1v) is 13.4. The molecular weight excluding hydrogens is 412 g/mol. The maximum atomic E-state index is 12.6. The Hall–Kier alpha value is -1.84. The summed E-state index contributed by atoms with van der Waals surface area (Å²) >= 11 is 0. The fourth-order valence-electron chi connectivity index (χ4n) is 3.86. The number of hydrogen-bond donors (Lipinski definition) is 0. The van der Waals surface area contributed by atoms with Crippen molar-refractivity contribution in [2.75, 3.05) is 0 Å².